The molecule has 1 aliphatic rings. The molecule has 0 saturated heterocycles. The van der Waals surface area contributed by atoms with E-state index >= 15 is 0 Å². The number of aliphatic hydroxyl groups excluding tert-OH is 1. The second-order valence-electron chi connectivity index (χ2n) is 4.81. The van der Waals surface area contributed by atoms with Crippen LogP contribution in [0.3, 0.4) is 0 Å². The zero-order chi connectivity index (χ0) is 15.6. The van der Waals surface area contributed by atoms with E-state index in [2.05, 4.69) is 20.3 Å². The normalized spacial score (nSPS) is 20.9. The number of rotatable bonds is 3. The van der Waals surface area contributed by atoms with Gasteiger partial charge in [0.1, 0.15) is 6.04 Å². The Morgan fingerprint density at radius 1 is 1.38 bits per heavy atom. The smallest absolute Gasteiger partial charge is 0.389 e. The number of alkyl halides is 3. The van der Waals surface area contributed by atoms with Gasteiger partial charge in [-0.1, -0.05) is 0 Å². The summed E-state index contributed by atoms with van der Waals surface area (Å²) in [5.41, 5.74) is 0.653. The van der Waals surface area contributed by atoms with Crippen LogP contribution in [0, 0.1) is 0 Å². The molecule has 0 saturated carbocycles. The van der Waals surface area contributed by atoms with Crippen molar-refractivity contribution >= 4 is 23.1 Å². The van der Waals surface area contributed by atoms with Gasteiger partial charge in [-0.15, -0.1) is 0 Å². The van der Waals surface area contributed by atoms with Crippen LogP contribution in [-0.4, -0.2) is 38.4 Å². The van der Waals surface area contributed by atoms with Crippen molar-refractivity contribution in [1.82, 2.24) is 15.0 Å². The van der Waals surface area contributed by atoms with E-state index in [1.807, 2.05) is 0 Å². The van der Waals surface area contributed by atoms with Crippen LogP contribution in [0.25, 0.3) is 5.57 Å². The number of nitrogens with zero attached hydrogens (tertiary/aromatic N) is 3. The minimum absolute atomic E-state index is 0.186. The van der Waals surface area contributed by atoms with Gasteiger partial charge < -0.3 is 10.4 Å². The fourth-order valence-corrected chi connectivity index (χ4v) is 2.08. The second-order valence-corrected chi connectivity index (χ2v) is 5.15. The van der Waals surface area contributed by atoms with Crippen LogP contribution in [0.5, 0.6) is 0 Å². The number of allylic oxidation sites excluding steroid dienone is 1. The minimum Gasteiger partial charge on any atom is -0.389 e. The SMILES string of the molecule is C[C@@H](Nc1nc(Cl)nc(C2=C[C@H](O)CCC2)n1)C(F)(F)F. The molecule has 2 rings (SSSR count). The van der Waals surface area contributed by atoms with Crippen molar-refractivity contribution in [2.45, 2.75) is 44.5 Å². The van der Waals surface area contributed by atoms with Gasteiger partial charge in [-0.2, -0.15) is 28.1 Å². The van der Waals surface area contributed by atoms with Crippen LogP contribution in [0.1, 0.15) is 32.0 Å². The maximum atomic E-state index is 12.5. The molecule has 1 heterocycles. The molecule has 1 aromatic rings. The standard InChI is InChI=1S/C12H14ClF3N4O/c1-6(12(14,15)16)17-11-19-9(18-10(13)20-11)7-3-2-4-8(21)5-7/h5-6,8,21H,2-4H2,1H3,(H,17,18,19,20)/t6-,8-/m1/s1. The van der Waals surface area contributed by atoms with Crippen molar-refractivity contribution < 1.29 is 18.3 Å². The van der Waals surface area contributed by atoms with E-state index in [0.717, 1.165) is 13.3 Å². The summed E-state index contributed by atoms with van der Waals surface area (Å²) < 4.78 is 37.6. The number of aromatic nitrogens is 3. The van der Waals surface area contributed by atoms with Gasteiger partial charge in [0.05, 0.1) is 6.10 Å². The van der Waals surface area contributed by atoms with Crippen LogP contribution in [-0.2, 0) is 0 Å². The van der Waals surface area contributed by atoms with Crippen LogP contribution in [0.4, 0.5) is 19.1 Å². The Bertz CT molecular complexity index is 550. The highest BCUT2D eigenvalue weighted by atomic mass is 35.5. The van der Waals surface area contributed by atoms with Gasteiger partial charge in [0, 0.05) is 0 Å². The van der Waals surface area contributed by atoms with Crippen molar-refractivity contribution in [3.8, 4) is 0 Å². The zero-order valence-electron chi connectivity index (χ0n) is 11.2. The van der Waals surface area contributed by atoms with Crippen LogP contribution in [0.15, 0.2) is 6.08 Å². The Kier molecular flexibility index (Phi) is 4.67. The number of hydrogen-bond donors (Lipinski definition) is 2. The molecular weight excluding hydrogens is 309 g/mol. The molecule has 0 amide bonds. The molecule has 0 fully saturated rings. The molecule has 5 nitrogen and oxygen atoms in total. The molecule has 0 aliphatic heterocycles. The molecule has 2 N–H and O–H groups in total. The van der Waals surface area contributed by atoms with E-state index in [4.69, 9.17) is 11.6 Å². The highest BCUT2D eigenvalue weighted by Gasteiger charge is 2.36. The van der Waals surface area contributed by atoms with E-state index in [1.165, 1.54) is 0 Å². The van der Waals surface area contributed by atoms with Crippen LogP contribution >= 0.6 is 11.6 Å². The highest BCUT2D eigenvalue weighted by molar-refractivity contribution is 6.28. The maximum Gasteiger partial charge on any atom is 0.408 e. The van der Waals surface area contributed by atoms with Crippen LogP contribution in [0.2, 0.25) is 5.28 Å². The fourth-order valence-electron chi connectivity index (χ4n) is 1.92. The first-order chi connectivity index (χ1) is 9.75. The maximum absolute atomic E-state index is 12.5. The first kappa shape index (κ1) is 16.0. The Morgan fingerprint density at radius 2 is 2.10 bits per heavy atom. The van der Waals surface area contributed by atoms with Gasteiger partial charge in [-0.25, -0.2) is 0 Å². The molecule has 0 bridgehead atoms. The monoisotopic (exact) mass is 322 g/mol. The Morgan fingerprint density at radius 3 is 2.71 bits per heavy atom. The summed E-state index contributed by atoms with van der Waals surface area (Å²) in [5.74, 6) is -0.0542. The Hall–Kier alpha value is -1.41. The second kappa shape index (κ2) is 6.15. The summed E-state index contributed by atoms with van der Waals surface area (Å²) in [4.78, 5) is 11.5. The number of nitrogens with one attached hydrogen (secondary N) is 1. The van der Waals surface area contributed by atoms with Crippen molar-refractivity contribution in [3.05, 3.63) is 17.2 Å². The molecule has 1 aromatic heterocycles. The third kappa shape index (κ3) is 4.28. The fraction of sp³-hybridized carbons (Fsp3) is 0.583. The molecule has 1 aliphatic carbocycles. The van der Waals surface area contributed by atoms with E-state index in [1.54, 1.807) is 6.08 Å². The summed E-state index contributed by atoms with van der Waals surface area (Å²) in [6.45, 7) is 0.959. The molecule has 0 unspecified atom stereocenters. The van der Waals surface area contributed by atoms with Crippen LogP contribution < -0.4 is 5.32 Å². The number of anilines is 1. The quantitative estimate of drug-likeness (QED) is 0.895. The summed E-state index contributed by atoms with van der Waals surface area (Å²) in [6.07, 6.45) is -1.41. The largest absolute Gasteiger partial charge is 0.408 e. The molecule has 116 valence electrons. The highest BCUT2D eigenvalue weighted by Crippen LogP contribution is 2.27. The molecule has 0 radical (unpaired) electrons. The lowest BCUT2D eigenvalue weighted by atomic mass is 9.97. The summed E-state index contributed by atoms with van der Waals surface area (Å²) in [6, 6.07) is -1.81. The average Bonchev–Trinajstić information content (AvgIpc) is 2.37. The minimum atomic E-state index is -4.42. The Labute approximate surface area is 124 Å². The lowest BCUT2D eigenvalue weighted by molar-refractivity contribution is -0.138. The molecule has 21 heavy (non-hydrogen) atoms. The van der Waals surface area contributed by atoms with Gasteiger partial charge in [0.2, 0.25) is 11.2 Å². The van der Waals surface area contributed by atoms with E-state index in [0.29, 0.717) is 18.4 Å². The number of hydrogen-bond acceptors (Lipinski definition) is 5. The molecule has 0 spiro atoms. The lowest BCUT2D eigenvalue weighted by Gasteiger charge is -2.19. The van der Waals surface area contributed by atoms with Gasteiger partial charge in [-0.05, 0) is 49.4 Å². The first-order valence-corrected chi connectivity index (χ1v) is 6.77. The van der Waals surface area contributed by atoms with Gasteiger partial charge in [0.25, 0.3) is 0 Å². The van der Waals surface area contributed by atoms with E-state index in [9.17, 15) is 18.3 Å². The number of aliphatic hydroxyl groups is 1. The molecule has 9 heteroatoms. The topological polar surface area (TPSA) is 70.9 Å². The van der Waals surface area contributed by atoms with Gasteiger partial charge >= 0.3 is 6.18 Å². The average molecular weight is 323 g/mol. The lowest BCUT2D eigenvalue weighted by Crippen LogP contribution is -2.34. The van der Waals surface area contributed by atoms with Gasteiger partial charge in [-0.3, -0.25) is 0 Å². The predicted octanol–water partition coefficient (Wildman–Crippen LogP) is 2.82. The first-order valence-electron chi connectivity index (χ1n) is 6.39. The third-order valence-electron chi connectivity index (χ3n) is 3.07. The van der Waals surface area contributed by atoms with Crippen molar-refractivity contribution in [2.75, 3.05) is 5.32 Å². The van der Waals surface area contributed by atoms with Crippen molar-refractivity contribution in [1.29, 1.82) is 0 Å². The van der Waals surface area contributed by atoms with Crippen molar-refractivity contribution in [3.63, 3.8) is 0 Å². The summed E-state index contributed by atoms with van der Waals surface area (Å²) in [7, 11) is 0. The summed E-state index contributed by atoms with van der Waals surface area (Å²) >= 11 is 5.73. The third-order valence-corrected chi connectivity index (χ3v) is 3.24. The molecule has 0 aromatic carbocycles. The van der Waals surface area contributed by atoms with E-state index in [-0.39, 0.29) is 17.1 Å². The molecular formula is C12H14ClF3N4O. The van der Waals surface area contributed by atoms with Gasteiger partial charge in [0.15, 0.2) is 5.82 Å². The summed E-state index contributed by atoms with van der Waals surface area (Å²) in [5, 5.41) is 11.5. The molecule has 2 atom stereocenters. The number of halogens is 4. The Balaban J connectivity index is 2.25. The predicted molar refractivity (Wildman–Crippen MR) is 71.8 cm³/mol. The zero-order valence-corrected chi connectivity index (χ0v) is 11.9. The van der Waals surface area contributed by atoms with Crippen molar-refractivity contribution in [2.24, 2.45) is 0 Å². The van der Waals surface area contributed by atoms with E-state index < -0.39 is 18.3 Å².